The standard InChI is InChI=1S/C22H26N4O2S2/c1-2-29-25-21(27)23-17-11-13-26(14-12-17)15-16-7-9-18(10-8-16)28-22-24-19-5-3-4-6-20(19)30-22/h3-10,17H,2,11-15H2,1H3,(H2,23,25,27). The molecular formula is C22H26N4O2S2. The highest BCUT2D eigenvalue weighted by molar-refractivity contribution is 7.97. The first-order chi connectivity index (χ1) is 14.7. The molecule has 4 rings (SSSR count). The van der Waals surface area contributed by atoms with E-state index in [-0.39, 0.29) is 12.1 Å². The number of rotatable bonds is 7. The third kappa shape index (κ3) is 5.65. The highest BCUT2D eigenvalue weighted by atomic mass is 32.2. The molecule has 1 saturated heterocycles. The van der Waals surface area contributed by atoms with E-state index in [1.54, 1.807) is 11.3 Å². The van der Waals surface area contributed by atoms with E-state index in [0.29, 0.717) is 5.19 Å². The Balaban J connectivity index is 1.24. The van der Waals surface area contributed by atoms with E-state index in [1.165, 1.54) is 17.5 Å². The van der Waals surface area contributed by atoms with Crippen molar-refractivity contribution in [3.8, 4) is 10.9 Å². The lowest BCUT2D eigenvalue weighted by molar-refractivity contribution is 0.188. The number of amides is 2. The number of carbonyl (C=O) groups excluding carboxylic acids is 1. The molecule has 2 aromatic carbocycles. The fourth-order valence-electron chi connectivity index (χ4n) is 3.50. The molecule has 0 bridgehead atoms. The third-order valence-electron chi connectivity index (χ3n) is 5.04. The van der Waals surface area contributed by atoms with Crippen molar-refractivity contribution in [1.29, 1.82) is 0 Å². The quantitative estimate of drug-likeness (QED) is 0.503. The molecule has 0 radical (unpaired) electrons. The van der Waals surface area contributed by atoms with E-state index in [4.69, 9.17) is 4.74 Å². The minimum atomic E-state index is -0.0796. The number of thiazole rings is 1. The fourth-order valence-corrected chi connectivity index (χ4v) is 4.67. The molecule has 8 heteroatoms. The summed E-state index contributed by atoms with van der Waals surface area (Å²) in [6, 6.07) is 16.5. The number of ether oxygens (including phenoxy) is 1. The maximum Gasteiger partial charge on any atom is 0.324 e. The van der Waals surface area contributed by atoms with Gasteiger partial charge in [0, 0.05) is 31.4 Å². The highest BCUT2D eigenvalue weighted by Crippen LogP contribution is 2.31. The van der Waals surface area contributed by atoms with Crippen LogP contribution in [0.15, 0.2) is 48.5 Å². The van der Waals surface area contributed by atoms with Gasteiger partial charge < -0.3 is 10.1 Å². The van der Waals surface area contributed by atoms with Crippen molar-refractivity contribution in [3.05, 3.63) is 54.1 Å². The van der Waals surface area contributed by atoms with Gasteiger partial charge in [-0.1, -0.05) is 42.5 Å². The van der Waals surface area contributed by atoms with E-state index in [1.807, 2.05) is 37.3 Å². The van der Waals surface area contributed by atoms with Crippen molar-refractivity contribution in [2.75, 3.05) is 18.8 Å². The molecule has 30 heavy (non-hydrogen) atoms. The van der Waals surface area contributed by atoms with Crippen LogP contribution < -0.4 is 14.8 Å². The molecule has 0 saturated carbocycles. The number of aromatic nitrogens is 1. The second kappa shape index (κ2) is 10.1. The lowest BCUT2D eigenvalue weighted by Crippen LogP contribution is -2.46. The SMILES string of the molecule is CCSNC(=O)NC1CCN(Cc2ccc(Oc3nc4ccccc4s3)cc2)CC1. The number of hydrogen-bond acceptors (Lipinski definition) is 6. The van der Waals surface area contributed by atoms with Crippen LogP contribution in [0.2, 0.25) is 0 Å². The molecule has 158 valence electrons. The van der Waals surface area contributed by atoms with Crippen LogP contribution in [0.1, 0.15) is 25.3 Å². The Morgan fingerprint density at radius 3 is 2.70 bits per heavy atom. The number of nitrogens with zero attached hydrogens (tertiary/aromatic N) is 2. The van der Waals surface area contributed by atoms with Gasteiger partial charge in [0.25, 0.3) is 5.19 Å². The van der Waals surface area contributed by atoms with Gasteiger partial charge in [-0.25, -0.2) is 9.78 Å². The summed E-state index contributed by atoms with van der Waals surface area (Å²) < 4.78 is 9.86. The van der Waals surface area contributed by atoms with Crippen molar-refractivity contribution in [2.45, 2.75) is 32.4 Å². The van der Waals surface area contributed by atoms with E-state index in [0.717, 1.165) is 54.2 Å². The van der Waals surface area contributed by atoms with Crippen LogP contribution in [0.4, 0.5) is 4.79 Å². The van der Waals surface area contributed by atoms with Crippen LogP contribution >= 0.6 is 23.3 Å². The van der Waals surface area contributed by atoms with Crippen molar-refractivity contribution >= 4 is 39.5 Å². The van der Waals surface area contributed by atoms with Gasteiger partial charge in [-0.3, -0.25) is 9.62 Å². The van der Waals surface area contributed by atoms with Crippen molar-refractivity contribution in [3.63, 3.8) is 0 Å². The summed E-state index contributed by atoms with van der Waals surface area (Å²) in [7, 11) is 0. The predicted molar refractivity (Wildman–Crippen MR) is 124 cm³/mol. The Kier molecular flexibility index (Phi) is 7.09. The lowest BCUT2D eigenvalue weighted by Gasteiger charge is -2.32. The summed E-state index contributed by atoms with van der Waals surface area (Å²) in [6.45, 7) is 4.89. The Labute approximate surface area is 185 Å². The summed E-state index contributed by atoms with van der Waals surface area (Å²) in [5.41, 5.74) is 2.23. The Morgan fingerprint density at radius 1 is 1.20 bits per heavy atom. The Hall–Kier alpha value is -2.29. The minimum absolute atomic E-state index is 0.0796. The molecule has 0 aliphatic carbocycles. The average Bonchev–Trinajstić information content (AvgIpc) is 3.17. The molecule has 1 fully saturated rings. The maximum absolute atomic E-state index is 11.8. The summed E-state index contributed by atoms with van der Waals surface area (Å²) in [5.74, 6) is 1.67. The average molecular weight is 443 g/mol. The molecule has 6 nitrogen and oxygen atoms in total. The van der Waals surface area contributed by atoms with Gasteiger partial charge in [0.05, 0.1) is 10.2 Å². The fraction of sp³-hybridized carbons (Fsp3) is 0.364. The zero-order chi connectivity index (χ0) is 20.8. The molecule has 0 spiro atoms. The minimum Gasteiger partial charge on any atom is -0.431 e. The lowest BCUT2D eigenvalue weighted by atomic mass is 10.0. The zero-order valence-electron chi connectivity index (χ0n) is 17.0. The van der Waals surface area contributed by atoms with Crippen LogP contribution in [0.5, 0.6) is 10.9 Å². The van der Waals surface area contributed by atoms with Crippen LogP contribution in [0, 0.1) is 0 Å². The molecule has 1 aromatic heterocycles. The van der Waals surface area contributed by atoms with Gasteiger partial charge >= 0.3 is 6.03 Å². The van der Waals surface area contributed by atoms with Gasteiger partial charge in [0.1, 0.15) is 5.75 Å². The molecular weight excluding hydrogens is 416 g/mol. The molecule has 0 atom stereocenters. The van der Waals surface area contributed by atoms with Gasteiger partial charge in [0.2, 0.25) is 0 Å². The first-order valence-electron chi connectivity index (χ1n) is 10.2. The van der Waals surface area contributed by atoms with Gasteiger partial charge in [0.15, 0.2) is 0 Å². The second-order valence-corrected chi connectivity index (χ2v) is 9.32. The number of carbonyl (C=O) groups is 1. The van der Waals surface area contributed by atoms with Crippen LogP contribution in [0.3, 0.4) is 0 Å². The highest BCUT2D eigenvalue weighted by Gasteiger charge is 2.20. The van der Waals surface area contributed by atoms with Crippen molar-refractivity contribution in [2.24, 2.45) is 0 Å². The summed E-state index contributed by atoms with van der Waals surface area (Å²) >= 11 is 2.98. The number of fused-ring (bicyclic) bond motifs is 1. The molecule has 0 unspecified atom stereocenters. The van der Waals surface area contributed by atoms with Crippen LogP contribution in [-0.4, -0.2) is 40.8 Å². The predicted octanol–water partition coefficient (Wildman–Crippen LogP) is 5.02. The summed E-state index contributed by atoms with van der Waals surface area (Å²) in [4.78, 5) is 18.7. The van der Waals surface area contributed by atoms with Crippen LogP contribution in [-0.2, 0) is 6.54 Å². The molecule has 1 aliphatic heterocycles. The molecule has 1 aliphatic rings. The first-order valence-corrected chi connectivity index (χ1v) is 12.0. The van der Waals surface area contributed by atoms with E-state index >= 15 is 0 Å². The molecule has 2 amide bonds. The number of urea groups is 1. The Morgan fingerprint density at radius 2 is 1.97 bits per heavy atom. The van der Waals surface area contributed by atoms with Gasteiger partial charge in [-0.2, -0.15) is 0 Å². The molecule has 3 aromatic rings. The van der Waals surface area contributed by atoms with Gasteiger partial charge in [-0.15, -0.1) is 0 Å². The van der Waals surface area contributed by atoms with E-state index in [2.05, 4.69) is 38.1 Å². The number of likely N-dealkylation sites (tertiary alicyclic amines) is 1. The zero-order valence-corrected chi connectivity index (χ0v) is 18.6. The van der Waals surface area contributed by atoms with E-state index < -0.39 is 0 Å². The maximum atomic E-state index is 11.8. The van der Waals surface area contributed by atoms with E-state index in [9.17, 15) is 4.79 Å². The summed E-state index contributed by atoms with van der Waals surface area (Å²) in [6.07, 6.45) is 1.95. The van der Waals surface area contributed by atoms with Crippen LogP contribution in [0.25, 0.3) is 10.2 Å². The first kappa shape index (κ1) is 21.0. The summed E-state index contributed by atoms with van der Waals surface area (Å²) in [5, 5.41) is 3.73. The number of hydrogen-bond donors (Lipinski definition) is 2. The van der Waals surface area contributed by atoms with Crippen molar-refractivity contribution in [1.82, 2.24) is 19.9 Å². The third-order valence-corrected chi connectivity index (χ3v) is 6.57. The van der Waals surface area contributed by atoms with Gasteiger partial charge in [-0.05, 0) is 54.6 Å². The van der Waals surface area contributed by atoms with Crippen molar-refractivity contribution < 1.29 is 9.53 Å². The molecule has 2 heterocycles. The number of piperidine rings is 1. The monoisotopic (exact) mass is 442 g/mol. The number of benzene rings is 2. The Bertz CT molecular complexity index is 936. The normalized spacial score (nSPS) is 15.2. The smallest absolute Gasteiger partial charge is 0.324 e. The topological polar surface area (TPSA) is 66.5 Å². The number of para-hydroxylation sites is 1. The number of nitrogens with one attached hydrogen (secondary N) is 2. The second-order valence-electron chi connectivity index (χ2n) is 7.25. The largest absolute Gasteiger partial charge is 0.431 e. The molecule has 2 N–H and O–H groups in total.